The molecular formula is C26H28NO3+. The van der Waals surface area contributed by atoms with Crippen LogP contribution in [0.3, 0.4) is 0 Å². The number of hydrogen-bond acceptors (Lipinski definition) is 3. The van der Waals surface area contributed by atoms with E-state index < -0.39 is 5.41 Å². The smallest absolute Gasteiger partial charge is 0.321 e. The summed E-state index contributed by atoms with van der Waals surface area (Å²) in [6, 6.07) is 20.7. The molecule has 3 aliphatic heterocycles. The van der Waals surface area contributed by atoms with Crippen LogP contribution >= 0.6 is 0 Å². The van der Waals surface area contributed by atoms with Gasteiger partial charge in [0.15, 0.2) is 5.60 Å². The van der Waals surface area contributed by atoms with Gasteiger partial charge >= 0.3 is 5.97 Å². The Labute approximate surface area is 177 Å². The Bertz CT molecular complexity index is 1030. The maximum Gasteiger partial charge on any atom is 0.321 e. The molecule has 8 rings (SSSR count). The van der Waals surface area contributed by atoms with Crippen molar-refractivity contribution in [3.63, 3.8) is 0 Å². The van der Waals surface area contributed by atoms with E-state index in [9.17, 15) is 4.79 Å². The van der Waals surface area contributed by atoms with Gasteiger partial charge in [0.25, 0.3) is 0 Å². The van der Waals surface area contributed by atoms with Gasteiger partial charge in [0.2, 0.25) is 0 Å². The van der Waals surface area contributed by atoms with Crippen LogP contribution in [0.5, 0.6) is 0 Å². The minimum atomic E-state index is -0.815. The lowest BCUT2D eigenvalue weighted by atomic mass is 9.45. The summed E-state index contributed by atoms with van der Waals surface area (Å²) >= 11 is 0. The number of fused-ring (bicyclic) bond motifs is 3. The fourth-order valence-corrected chi connectivity index (χ4v) is 8.12. The van der Waals surface area contributed by atoms with Crippen molar-refractivity contribution < 1.29 is 18.8 Å². The number of carbonyl (C=O) groups is 1. The van der Waals surface area contributed by atoms with Gasteiger partial charge < -0.3 is 14.0 Å². The van der Waals surface area contributed by atoms with Crippen molar-refractivity contribution in [2.45, 2.75) is 54.6 Å². The Morgan fingerprint density at radius 1 is 1.03 bits per heavy atom. The van der Waals surface area contributed by atoms with Gasteiger partial charge in [-0.05, 0) is 18.1 Å². The number of quaternary nitrogens is 1. The zero-order valence-corrected chi connectivity index (χ0v) is 17.7. The van der Waals surface area contributed by atoms with E-state index in [0.717, 1.165) is 40.3 Å². The fourth-order valence-electron chi connectivity index (χ4n) is 8.12. The molecule has 7 atom stereocenters. The van der Waals surface area contributed by atoms with Crippen LogP contribution in [0.25, 0.3) is 0 Å². The van der Waals surface area contributed by atoms with Crippen LogP contribution in [0.1, 0.15) is 30.9 Å². The van der Waals surface area contributed by atoms with Crippen molar-refractivity contribution in [3.05, 3.63) is 71.8 Å². The summed E-state index contributed by atoms with van der Waals surface area (Å²) in [6.07, 6.45) is 2.42. The molecule has 0 aromatic heterocycles. The molecule has 2 bridgehead atoms. The van der Waals surface area contributed by atoms with E-state index in [4.69, 9.17) is 9.47 Å². The van der Waals surface area contributed by atoms with Gasteiger partial charge in [0, 0.05) is 18.8 Å². The fraction of sp³-hybridized carbons (Fsp3) is 0.500. The number of piperidine rings is 2. The van der Waals surface area contributed by atoms with E-state index in [2.05, 4.69) is 14.1 Å². The maximum absolute atomic E-state index is 13.7. The van der Waals surface area contributed by atoms with Crippen molar-refractivity contribution in [2.24, 2.45) is 11.8 Å². The first kappa shape index (κ1) is 17.5. The lowest BCUT2D eigenvalue weighted by Gasteiger charge is -2.77. The summed E-state index contributed by atoms with van der Waals surface area (Å²) in [4.78, 5) is 13.7. The second-order valence-electron chi connectivity index (χ2n) is 10.7. The van der Waals surface area contributed by atoms with Crippen molar-refractivity contribution in [1.82, 2.24) is 0 Å². The largest absolute Gasteiger partial charge is 0.461 e. The van der Waals surface area contributed by atoms with Gasteiger partial charge in [-0.25, -0.2) is 0 Å². The van der Waals surface area contributed by atoms with Crippen LogP contribution in [0.15, 0.2) is 60.7 Å². The molecule has 0 radical (unpaired) electrons. The van der Waals surface area contributed by atoms with Crippen LogP contribution in [-0.2, 0) is 19.7 Å². The summed E-state index contributed by atoms with van der Waals surface area (Å²) in [5.41, 5.74) is 1.47. The van der Waals surface area contributed by atoms with Crippen LogP contribution in [0, 0.1) is 11.8 Å². The summed E-state index contributed by atoms with van der Waals surface area (Å²) in [5, 5.41) is 0. The second kappa shape index (κ2) is 5.00. The van der Waals surface area contributed by atoms with E-state index in [1.165, 1.54) is 0 Å². The molecule has 154 valence electrons. The third kappa shape index (κ3) is 1.60. The summed E-state index contributed by atoms with van der Waals surface area (Å²) < 4.78 is 13.4. The predicted molar refractivity (Wildman–Crippen MR) is 112 cm³/mol. The molecular weight excluding hydrogens is 374 g/mol. The normalized spacial score (nSPS) is 43.1. The molecule has 30 heavy (non-hydrogen) atoms. The highest BCUT2D eigenvalue weighted by Gasteiger charge is 3.11. The predicted octanol–water partition coefficient (Wildman–Crippen LogP) is 3.29. The Kier molecular flexibility index (Phi) is 2.92. The summed E-state index contributed by atoms with van der Waals surface area (Å²) in [6.45, 7) is 2.00. The Morgan fingerprint density at radius 2 is 1.63 bits per heavy atom. The number of epoxide rings is 1. The van der Waals surface area contributed by atoms with E-state index in [1.54, 1.807) is 0 Å². The molecule has 4 heteroatoms. The summed E-state index contributed by atoms with van der Waals surface area (Å²) in [7, 11) is 4.72. The third-order valence-corrected chi connectivity index (χ3v) is 9.71. The first-order valence-electron chi connectivity index (χ1n) is 11.2. The number of ether oxygens (including phenoxy) is 2. The average molecular weight is 403 g/mol. The SMILES string of the molecule is CC(C(=O)O[C@H]1CC2C3C4C5OC54C3(C1)[N+]2(C)C)(c1ccccc1)c1ccccc1. The lowest BCUT2D eigenvalue weighted by Crippen LogP contribution is -2.94. The molecule has 6 aliphatic rings. The number of hydrogen-bond donors (Lipinski definition) is 0. The highest BCUT2D eigenvalue weighted by molar-refractivity contribution is 5.87. The zero-order valence-electron chi connectivity index (χ0n) is 17.7. The maximum atomic E-state index is 13.7. The molecule has 3 saturated heterocycles. The molecule has 2 aromatic rings. The first-order chi connectivity index (χ1) is 14.4. The minimum Gasteiger partial charge on any atom is -0.461 e. The molecule has 3 aliphatic carbocycles. The molecule has 4 nitrogen and oxygen atoms in total. The number of carbonyl (C=O) groups excluding carboxylic acids is 1. The molecule has 6 fully saturated rings. The van der Waals surface area contributed by atoms with Crippen LogP contribution in [0.4, 0.5) is 0 Å². The monoisotopic (exact) mass is 402 g/mol. The summed E-state index contributed by atoms with van der Waals surface area (Å²) in [5.74, 6) is 1.46. The molecule has 3 saturated carbocycles. The molecule has 6 unspecified atom stereocenters. The van der Waals surface area contributed by atoms with Gasteiger partial charge in [-0.2, -0.15) is 0 Å². The van der Waals surface area contributed by atoms with Gasteiger partial charge in [0.05, 0.1) is 20.0 Å². The number of likely N-dealkylation sites (N-methyl/N-ethyl adjacent to an activating group) is 1. The van der Waals surface area contributed by atoms with Crippen molar-refractivity contribution in [2.75, 3.05) is 14.1 Å². The van der Waals surface area contributed by atoms with E-state index in [1.807, 2.05) is 67.6 Å². The van der Waals surface area contributed by atoms with Crippen molar-refractivity contribution >= 4 is 5.97 Å². The Balaban J connectivity index is 1.20. The minimum absolute atomic E-state index is 0.0163. The van der Waals surface area contributed by atoms with Gasteiger partial charge in [-0.3, -0.25) is 4.79 Å². The average Bonchev–Trinajstić information content (AvgIpc) is 3.64. The molecule has 0 amide bonds. The molecule has 0 N–H and O–H groups in total. The second-order valence-corrected chi connectivity index (χ2v) is 10.7. The highest BCUT2D eigenvalue weighted by Crippen LogP contribution is 2.93. The van der Waals surface area contributed by atoms with Gasteiger partial charge in [-0.15, -0.1) is 0 Å². The van der Waals surface area contributed by atoms with Crippen LogP contribution < -0.4 is 0 Å². The third-order valence-electron chi connectivity index (χ3n) is 9.71. The van der Waals surface area contributed by atoms with Crippen LogP contribution in [-0.4, -0.2) is 53.9 Å². The van der Waals surface area contributed by atoms with Gasteiger partial charge in [-0.1, -0.05) is 60.7 Å². The molecule has 2 spiro atoms. The highest BCUT2D eigenvalue weighted by atomic mass is 16.7. The topological polar surface area (TPSA) is 38.8 Å². The molecule has 2 aromatic carbocycles. The van der Waals surface area contributed by atoms with Crippen LogP contribution in [0.2, 0.25) is 0 Å². The van der Waals surface area contributed by atoms with E-state index >= 15 is 0 Å². The standard InChI is InChI=1S/C26H28NO3/c1-24(16-10-6-4-7-11-16,17-12-8-5-9-13-17)23(28)29-18-14-19-20-21-22-26(21,30-22)25(20,15-18)27(19,2)3/h4-13,18-22H,14-15H2,1-3H3/q+1/t18-,19?,20?,21?,22?,25?,26?/m0/s1. The number of rotatable bonds is 4. The number of benzene rings is 2. The quantitative estimate of drug-likeness (QED) is 0.448. The molecule has 3 heterocycles. The number of nitrogens with zero attached hydrogens (tertiary/aromatic N) is 1. The zero-order chi connectivity index (χ0) is 20.5. The Morgan fingerprint density at radius 3 is 2.20 bits per heavy atom. The van der Waals surface area contributed by atoms with E-state index in [-0.39, 0.29) is 23.2 Å². The van der Waals surface area contributed by atoms with Crippen molar-refractivity contribution in [3.8, 4) is 0 Å². The number of esters is 1. The first-order valence-corrected chi connectivity index (χ1v) is 11.2. The van der Waals surface area contributed by atoms with Crippen molar-refractivity contribution in [1.29, 1.82) is 0 Å². The lowest BCUT2D eigenvalue weighted by molar-refractivity contribution is -1.04. The van der Waals surface area contributed by atoms with Gasteiger partial charge in [0.1, 0.15) is 29.2 Å². The Hall–Kier alpha value is -2.17. The van der Waals surface area contributed by atoms with E-state index in [0.29, 0.717) is 12.1 Å².